The molecule has 0 atom stereocenters. The van der Waals surface area contributed by atoms with E-state index in [-0.39, 0.29) is 18.0 Å². The number of sulfonamides is 1. The number of nitrogens with one attached hydrogen (secondary N) is 1. The Balaban J connectivity index is 1.81. The smallest absolute Gasteiger partial charge is 0.255 e. The Morgan fingerprint density at radius 2 is 1.73 bits per heavy atom. The van der Waals surface area contributed by atoms with E-state index in [1.165, 1.54) is 24.3 Å². The predicted molar refractivity (Wildman–Crippen MR) is 120 cm³/mol. The number of carbonyl (C=O) groups excluding carboxylic acids is 1. The Hall–Kier alpha value is -2.84. The molecule has 8 heteroatoms. The van der Waals surface area contributed by atoms with Crippen LogP contribution in [0.1, 0.15) is 15.9 Å². The lowest BCUT2D eigenvalue weighted by Gasteiger charge is -2.23. The first-order valence-electron chi connectivity index (χ1n) is 9.04. The Bertz CT molecular complexity index is 1150. The van der Waals surface area contributed by atoms with Crippen LogP contribution in [0.3, 0.4) is 0 Å². The zero-order valence-electron chi connectivity index (χ0n) is 16.5. The number of anilines is 2. The van der Waals surface area contributed by atoms with Crippen molar-refractivity contribution in [2.75, 3.05) is 22.1 Å². The van der Waals surface area contributed by atoms with Crippen molar-refractivity contribution in [2.24, 2.45) is 0 Å². The van der Waals surface area contributed by atoms with E-state index in [2.05, 4.69) is 5.32 Å². The molecule has 0 unspecified atom stereocenters. The zero-order chi connectivity index (χ0) is 21.7. The van der Waals surface area contributed by atoms with Gasteiger partial charge in [-0.25, -0.2) is 12.8 Å². The third kappa shape index (κ3) is 5.40. The van der Waals surface area contributed by atoms with Crippen LogP contribution in [-0.4, -0.2) is 26.8 Å². The number of hydrogen-bond acceptors (Lipinski definition) is 4. The Morgan fingerprint density at radius 3 is 2.37 bits per heavy atom. The van der Waals surface area contributed by atoms with Crippen molar-refractivity contribution in [1.82, 2.24) is 0 Å². The van der Waals surface area contributed by atoms with Gasteiger partial charge in [0.15, 0.2) is 0 Å². The van der Waals surface area contributed by atoms with Crippen molar-refractivity contribution >= 4 is 39.1 Å². The van der Waals surface area contributed by atoms with Gasteiger partial charge in [0.25, 0.3) is 5.91 Å². The molecule has 3 aromatic rings. The van der Waals surface area contributed by atoms with Gasteiger partial charge in [-0.2, -0.15) is 0 Å². The highest BCUT2D eigenvalue weighted by Crippen LogP contribution is 2.23. The van der Waals surface area contributed by atoms with Gasteiger partial charge in [0.05, 0.1) is 18.5 Å². The van der Waals surface area contributed by atoms with Gasteiger partial charge in [-0.15, -0.1) is 11.8 Å². The van der Waals surface area contributed by atoms with Gasteiger partial charge in [0.2, 0.25) is 10.0 Å². The Kier molecular flexibility index (Phi) is 6.79. The fourth-order valence-corrected chi connectivity index (χ4v) is 4.20. The molecule has 1 N–H and O–H groups in total. The molecule has 0 spiro atoms. The van der Waals surface area contributed by atoms with E-state index in [0.717, 1.165) is 15.5 Å². The normalized spacial score (nSPS) is 11.2. The van der Waals surface area contributed by atoms with Gasteiger partial charge in [0, 0.05) is 21.7 Å². The molecule has 3 rings (SSSR count). The Labute approximate surface area is 180 Å². The first-order chi connectivity index (χ1) is 14.3. The topological polar surface area (TPSA) is 66.5 Å². The number of thioether (sulfide) groups is 1. The summed E-state index contributed by atoms with van der Waals surface area (Å²) in [4.78, 5) is 13.6. The van der Waals surface area contributed by atoms with Crippen LogP contribution in [0, 0.1) is 5.82 Å². The third-order valence-corrected chi connectivity index (χ3v) is 6.28. The number of rotatable bonds is 7. The molecule has 3 aromatic carbocycles. The minimum absolute atomic E-state index is 0.140. The molecule has 0 radical (unpaired) electrons. The molecule has 0 aliphatic heterocycles. The molecule has 0 fully saturated rings. The molecule has 156 valence electrons. The van der Waals surface area contributed by atoms with Gasteiger partial charge in [-0.05, 0) is 54.8 Å². The summed E-state index contributed by atoms with van der Waals surface area (Å²) in [5.74, 6) is -0.783. The van der Waals surface area contributed by atoms with E-state index in [9.17, 15) is 17.6 Å². The van der Waals surface area contributed by atoms with E-state index < -0.39 is 15.8 Å². The molecule has 0 bridgehead atoms. The summed E-state index contributed by atoms with van der Waals surface area (Å²) >= 11 is 1.57. The second-order valence-electron chi connectivity index (χ2n) is 6.59. The van der Waals surface area contributed by atoms with Crippen molar-refractivity contribution in [1.29, 1.82) is 0 Å². The lowest BCUT2D eigenvalue weighted by Crippen LogP contribution is -2.29. The van der Waals surface area contributed by atoms with Gasteiger partial charge < -0.3 is 5.32 Å². The molecule has 0 heterocycles. The summed E-state index contributed by atoms with van der Waals surface area (Å²) in [6, 6.07) is 19.7. The lowest BCUT2D eigenvalue weighted by atomic mass is 10.1. The summed E-state index contributed by atoms with van der Waals surface area (Å²) in [6.45, 7) is -0.140. The standard InChI is InChI=1S/C22H21FN2O3S2/c1-29-20-8-5-7-18(14-20)24-22(26)16-10-12-19(13-11-16)25(30(2,27)28)15-17-6-3-4-9-21(17)23/h3-14H,15H2,1-2H3,(H,24,26). The molecule has 1 amide bonds. The van der Waals surface area contributed by atoms with Gasteiger partial charge in [-0.3, -0.25) is 9.10 Å². The quantitative estimate of drug-likeness (QED) is 0.533. The fraction of sp³-hybridized carbons (Fsp3) is 0.136. The lowest BCUT2D eigenvalue weighted by molar-refractivity contribution is 0.102. The van der Waals surface area contributed by atoms with Crippen LogP contribution in [0.5, 0.6) is 0 Å². The highest BCUT2D eigenvalue weighted by atomic mass is 32.2. The maximum Gasteiger partial charge on any atom is 0.255 e. The van der Waals surface area contributed by atoms with Crippen molar-refractivity contribution < 1.29 is 17.6 Å². The molecule has 0 aliphatic carbocycles. The van der Waals surface area contributed by atoms with E-state index in [1.54, 1.807) is 42.1 Å². The minimum Gasteiger partial charge on any atom is -0.322 e. The van der Waals surface area contributed by atoms with Crippen LogP contribution in [0.25, 0.3) is 0 Å². The van der Waals surface area contributed by atoms with Gasteiger partial charge >= 0.3 is 0 Å². The number of nitrogens with zero attached hydrogens (tertiary/aromatic N) is 1. The Morgan fingerprint density at radius 1 is 1.03 bits per heavy atom. The summed E-state index contributed by atoms with van der Waals surface area (Å²) in [7, 11) is -3.66. The summed E-state index contributed by atoms with van der Waals surface area (Å²) < 4.78 is 39.7. The summed E-state index contributed by atoms with van der Waals surface area (Å²) in [6.07, 6.45) is 3.02. The number of hydrogen-bond donors (Lipinski definition) is 1. The second-order valence-corrected chi connectivity index (χ2v) is 9.38. The molecule has 0 aromatic heterocycles. The summed E-state index contributed by atoms with van der Waals surface area (Å²) in [5.41, 5.74) is 1.67. The van der Waals surface area contributed by atoms with Crippen molar-refractivity contribution in [3.05, 3.63) is 89.7 Å². The molecular formula is C22H21FN2O3S2. The van der Waals surface area contributed by atoms with Crippen LogP contribution in [-0.2, 0) is 16.6 Å². The van der Waals surface area contributed by atoms with Crippen molar-refractivity contribution in [3.8, 4) is 0 Å². The van der Waals surface area contributed by atoms with Gasteiger partial charge in [0.1, 0.15) is 5.82 Å². The highest BCUT2D eigenvalue weighted by molar-refractivity contribution is 7.98. The average molecular weight is 445 g/mol. The number of carbonyl (C=O) groups is 1. The predicted octanol–water partition coefficient (Wildman–Crippen LogP) is 4.77. The first kappa shape index (κ1) is 21.9. The monoisotopic (exact) mass is 444 g/mol. The van der Waals surface area contributed by atoms with Crippen molar-refractivity contribution in [3.63, 3.8) is 0 Å². The largest absolute Gasteiger partial charge is 0.322 e. The molecule has 0 aliphatic rings. The maximum atomic E-state index is 14.0. The zero-order valence-corrected chi connectivity index (χ0v) is 18.1. The van der Waals surface area contributed by atoms with Crippen LogP contribution in [0.15, 0.2) is 77.7 Å². The number of benzene rings is 3. The average Bonchev–Trinajstić information content (AvgIpc) is 2.72. The van der Waals surface area contributed by atoms with Crippen molar-refractivity contribution in [2.45, 2.75) is 11.4 Å². The number of amides is 1. The van der Waals surface area contributed by atoms with E-state index >= 15 is 0 Å². The third-order valence-electron chi connectivity index (χ3n) is 4.42. The van der Waals surface area contributed by atoms with E-state index in [0.29, 0.717) is 16.9 Å². The maximum absolute atomic E-state index is 14.0. The number of halogens is 1. The second kappa shape index (κ2) is 9.32. The van der Waals surface area contributed by atoms with Gasteiger partial charge in [-0.1, -0.05) is 24.3 Å². The van der Waals surface area contributed by atoms with Crippen LogP contribution in [0.2, 0.25) is 0 Å². The molecular weight excluding hydrogens is 423 g/mol. The van der Waals surface area contributed by atoms with Crippen LogP contribution in [0.4, 0.5) is 15.8 Å². The molecule has 5 nitrogen and oxygen atoms in total. The summed E-state index contributed by atoms with van der Waals surface area (Å²) in [5, 5.41) is 2.83. The van der Waals surface area contributed by atoms with Crippen LogP contribution < -0.4 is 9.62 Å². The minimum atomic E-state index is -3.66. The first-order valence-corrected chi connectivity index (χ1v) is 12.1. The van der Waals surface area contributed by atoms with Crippen LogP contribution >= 0.6 is 11.8 Å². The molecule has 0 saturated carbocycles. The fourth-order valence-electron chi connectivity index (χ4n) is 2.86. The SMILES string of the molecule is CSc1cccc(NC(=O)c2ccc(N(Cc3ccccc3F)S(C)(=O)=O)cc2)c1. The van der Waals surface area contributed by atoms with E-state index in [1.807, 2.05) is 24.5 Å². The molecule has 30 heavy (non-hydrogen) atoms. The molecule has 0 saturated heterocycles. The van der Waals surface area contributed by atoms with E-state index in [4.69, 9.17) is 0 Å². The highest BCUT2D eigenvalue weighted by Gasteiger charge is 2.20.